The normalized spacial score (nSPS) is 11.6. The summed E-state index contributed by atoms with van der Waals surface area (Å²) in [6.45, 7) is 0. The Bertz CT molecular complexity index is 2840. The molecule has 4 aromatic heterocycles. The third kappa shape index (κ3) is 4.43. The number of benzene rings is 6. The van der Waals surface area contributed by atoms with Crippen LogP contribution in [0.15, 0.2) is 170 Å². The predicted octanol–water partition coefficient (Wildman–Crippen LogP) is 10.5. The van der Waals surface area contributed by atoms with Crippen LogP contribution in [0.2, 0.25) is 0 Å². The molecule has 0 saturated heterocycles. The van der Waals surface area contributed by atoms with Crippen molar-refractivity contribution in [2.24, 2.45) is 0 Å². The van der Waals surface area contributed by atoms with Crippen LogP contribution in [-0.4, -0.2) is 29.1 Å². The molecule has 0 atom stereocenters. The third-order valence-electron chi connectivity index (χ3n) is 9.44. The zero-order valence-corrected chi connectivity index (χ0v) is 26.8. The van der Waals surface area contributed by atoms with Crippen molar-refractivity contribution in [2.45, 2.75) is 0 Å². The Balaban J connectivity index is 1.27. The van der Waals surface area contributed by atoms with Gasteiger partial charge >= 0.3 is 0 Å². The molecule has 0 fully saturated rings. The van der Waals surface area contributed by atoms with Crippen LogP contribution in [0.4, 0.5) is 0 Å². The lowest BCUT2D eigenvalue weighted by Crippen LogP contribution is -2.07. The first-order chi connectivity index (χ1) is 24.8. The molecular formula is C44H28N6. The molecule has 0 amide bonds. The van der Waals surface area contributed by atoms with E-state index in [-0.39, 0.29) is 0 Å². The van der Waals surface area contributed by atoms with E-state index in [9.17, 15) is 0 Å². The summed E-state index contributed by atoms with van der Waals surface area (Å²) in [5.74, 6) is 1.71. The highest BCUT2D eigenvalue weighted by Gasteiger charge is 2.23. The van der Waals surface area contributed by atoms with Gasteiger partial charge in [0.25, 0.3) is 0 Å². The van der Waals surface area contributed by atoms with Gasteiger partial charge in [-0.2, -0.15) is 9.97 Å². The highest BCUT2D eigenvalue weighted by molar-refractivity contribution is 6.25. The average Bonchev–Trinajstić information content (AvgIpc) is 3.72. The van der Waals surface area contributed by atoms with Gasteiger partial charge < -0.3 is 4.57 Å². The lowest BCUT2D eigenvalue weighted by Gasteiger charge is -2.11. The number of hydrogen-bond donors (Lipinski definition) is 0. The van der Waals surface area contributed by atoms with Crippen LogP contribution in [-0.2, 0) is 0 Å². The zero-order chi connectivity index (χ0) is 33.0. The van der Waals surface area contributed by atoms with Crippen molar-refractivity contribution in [1.29, 1.82) is 0 Å². The molecule has 10 rings (SSSR count). The molecule has 0 bridgehead atoms. The van der Waals surface area contributed by atoms with E-state index in [0.29, 0.717) is 17.6 Å². The van der Waals surface area contributed by atoms with Crippen LogP contribution in [0.25, 0.3) is 89.3 Å². The number of hydrogen-bond acceptors (Lipinski definition) is 4. The minimum Gasteiger partial charge on any atom is -0.309 e. The van der Waals surface area contributed by atoms with Crippen molar-refractivity contribution in [3.8, 4) is 45.5 Å². The van der Waals surface area contributed by atoms with Crippen LogP contribution in [0, 0.1) is 0 Å². The Kier molecular flexibility index (Phi) is 6.39. The number of rotatable bonds is 5. The third-order valence-corrected chi connectivity index (χ3v) is 9.44. The number of aromatic nitrogens is 6. The van der Waals surface area contributed by atoms with Crippen molar-refractivity contribution < 1.29 is 0 Å². The van der Waals surface area contributed by atoms with Gasteiger partial charge in [0, 0.05) is 44.6 Å². The second-order valence-corrected chi connectivity index (χ2v) is 12.3. The van der Waals surface area contributed by atoms with Gasteiger partial charge in [0.05, 0.1) is 16.6 Å². The molecule has 50 heavy (non-hydrogen) atoms. The molecule has 10 aromatic rings. The molecule has 234 valence electrons. The first-order valence-electron chi connectivity index (χ1n) is 16.7. The van der Waals surface area contributed by atoms with E-state index in [1.165, 1.54) is 10.8 Å². The SMILES string of the molecule is c1ccc(-c2ccc(-c3nc(-c4ccccc4)nc(-n4c5ccc6c7ccccc7n(-c7ccccc7)c6c5c5cccnc54)n3)cc2)cc1. The molecule has 0 aliphatic carbocycles. The Morgan fingerprint density at radius 2 is 0.960 bits per heavy atom. The standard InChI is InChI=1S/C44H28N6/c1-4-13-29(14-5-1)30-22-24-32(25-23-30)42-46-41(31-15-6-2-7-16-31)47-44(48-42)50-38-27-26-35-34-19-10-11-21-37(34)49(33-17-8-3-9-18-33)40(35)39(38)36-20-12-28-45-43(36)50/h1-28H. The maximum atomic E-state index is 5.17. The average molecular weight is 641 g/mol. The summed E-state index contributed by atoms with van der Waals surface area (Å²) in [5.41, 5.74) is 9.26. The second kappa shape index (κ2) is 11.4. The molecule has 0 unspecified atom stereocenters. The van der Waals surface area contributed by atoms with Gasteiger partial charge in [-0.25, -0.2) is 9.97 Å². The summed E-state index contributed by atoms with van der Waals surface area (Å²) in [4.78, 5) is 20.3. The van der Waals surface area contributed by atoms with Gasteiger partial charge in [-0.1, -0.05) is 127 Å². The van der Waals surface area contributed by atoms with E-state index in [1.807, 2.05) is 48.7 Å². The fourth-order valence-corrected chi connectivity index (χ4v) is 7.18. The molecule has 6 nitrogen and oxygen atoms in total. The maximum absolute atomic E-state index is 5.17. The van der Waals surface area contributed by atoms with Gasteiger partial charge in [0.1, 0.15) is 5.65 Å². The zero-order valence-electron chi connectivity index (χ0n) is 26.8. The van der Waals surface area contributed by atoms with Crippen LogP contribution < -0.4 is 0 Å². The van der Waals surface area contributed by atoms with Crippen LogP contribution in [0.3, 0.4) is 0 Å². The van der Waals surface area contributed by atoms with Crippen molar-refractivity contribution in [3.05, 3.63) is 170 Å². The summed E-state index contributed by atoms with van der Waals surface area (Å²) >= 11 is 0. The van der Waals surface area contributed by atoms with Gasteiger partial charge in [-0.3, -0.25) is 4.57 Å². The topological polar surface area (TPSA) is 61.4 Å². The summed E-state index contributed by atoms with van der Waals surface area (Å²) < 4.78 is 4.46. The predicted molar refractivity (Wildman–Crippen MR) is 203 cm³/mol. The minimum absolute atomic E-state index is 0.515. The van der Waals surface area contributed by atoms with E-state index in [1.54, 1.807) is 0 Å². The van der Waals surface area contributed by atoms with Crippen LogP contribution in [0.5, 0.6) is 0 Å². The molecule has 0 radical (unpaired) electrons. The summed E-state index contributed by atoms with van der Waals surface area (Å²) in [6.07, 6.45) is 1.84. The summed E-state index contributed by atoms with van der Waals surface area (Å²) in [6, 6.07) is 56.6. The van der Waals surface area contributed by atoms with Gasteiger partial charge in [-0.15, -0.1) is 0 Å². The monoisotopic (exact) mass is 640 g/mol. The van der Waals surface area contributed by atoms with Gasteiger partial charge in [0.2, 0.25) is 5.95 Å². The largest absolute Gasteiger partial charge is 0.309 e. The van der Waals surface area contributed by atoms with E-state index < -0.39 is 0 Å². The first kappa shape index (κ1) is 28.1. The molecule has 0 N–H and O–H groups in total. The smallest absolute Gasteiger partial charge is 0.240 e. The Hall–Kier alpha value is -6.92. The van der Waals surface area contributed by atoms with Crippen LogP contribution in [0.1, 0.15) is 0 Å². The Labute approximate surface area is 287 Å². The molecule has 4 heterocycles. The number of nitrogens with zero attached hydrogens (tertiary/aromatic N) is 6. The van der Waals surface area contributed by atoms with E-state index in [0.717, 1.165) is 60.9 Å². The fraction of sp³-hybridized carbons (Fsp3) is 0. The molecule has 0 spiro atoms. The molecule has 0 aliphatic heterocycles. The van der Waals surface area contributed by atoms with E-state index >= 15 is 0 Å². The van der Waals surface area contributed by atoms with Crippen molar-refractivity contribution in [2.75, 3.05) is 0 Å². The van der Waals surface area contributed by atoms with Crippen molar-refractivity contribution in [3.63, 3.8) is 0 Å². The van der Waals surface area contributed by atoms with Crippen molar-refractivity contribution >= 4 is 43.7 Å². The quantitative estimate of drug-likeness (QED) is 0.188. The lowest BCUT2D eigenvalue weighted by molar-refractivity contribution is 0.944. The second-order valence-electron chi connectivity index (χ2n) is 12.3. The van der Waals surface area contributed by atoms with E-state index in [2.05, 4.69) is 130 Å². The van der Waals surface area contributed by atoms with Gasteiger partial charge in [-0.05, 0) is 47.5 Å². The lowest BCUT2D eigenvalue weighted by atomic mass is 10.0. The first-order valence-corrected chi connectivity index (χ1v) is 16.7. The number of fused-ring (bicyclic) bond motifs is 7. The minimum atomic E-state index is 0.515. The maximum Gasteiger partial charge on any atom is 0.240 e. The molecule has 6 aromatic carbocycles. The summed E-state index contributed by atoms with van der Waals surface area (Å²) in [5, 5.41) is 4.51. The molecular weight excluding hydrogens is 613 g/mol. The molecule has 0 saturated carbocycles. The number of para-hydroxylation sites is 2. The highest BCUT2D eigenvalue weighted by atomic mass is 15.2. The number of pyridine rings is 1. The molecule has 0 aliphatic rings. The van der Waals surface area contributed by atoms with Crippen molar-refractivity contribution in [1.82, 2.24) is 29.1 Å². The highest BCUT2D eigenvalue weighted by Crippen LogP contribution is 2.41. The van der Waals surface area contributed by atoms with Gasteiger partial charge in [0.15, 0.2) is 11.6 Å². The molecule has 6 heteroatoms. The Morgan fingerprint density at radius 3 is 1.70 bits per heavy atom. The summed E-state index contributed by atoms with van der Waals surface area (Å²) in [7, 11) is 0. The van der Waals surface area contributed by atoms with Crippen LogP contribution >= 0.6 is 0 Å². The van der Waals surface area contributed by atoms with E-state index in [4.69, 9.17) is 19.9 Å². The Morgan fingerprint density at radius 1 is 0.380 bits per heavy atom. The fourth-order valence-electron chi connectivity index (χ4n) is 7.18.